The van der Waals surface area contributed by atoms with Gasteiger partial charge in [-0.3, -0.25) is 4.79 Å². The van der Waals surface area contributed by atoms with Crippen molar-refractivity contribution in [3.63, 3.8) is 0 Å². The number of hydrogen-bond acceptors (Lipinski definition) is 7. The fourth-order valence-corrected chi connectivity index (χ4v) is 2.84. The minimum absolute atomic E-state index is 0.385. The number of benzene rings is 1. The third-order valence-corrected chi connectivity index (χ3v) is 4.14. The fourth-order valence-electron chi connectivity index (χ4n) is 2.03. The normalized spacial score (nSPS) is 10.2. The first-order valence-electron chi connectivity index (χ1n) is 7.07. The van der Waals surface area contributed by atoms with Crippen LogP contribution in [0.4, 0.5) is 5.69 Å². The average molecular weight is 350 g/mol. The van der Waals surface area contributed by atoms with E-state index in [0.29, 0.717) is 27.8 Å². The Labute approximate surface area is 143 Å². The lowest BCUT2D eigenvalue weighted by Crippen LogP contribution is -2.20. The van der Waals surface area contributed by atoms with Gasteiger partial charge in [-0.25, -0.2) is 9.78 Å². The molecule has 128 valence electrons. The molecule has 0 aliphatic rings. The van der Waals surface area contributed by atoms with Crippen molar-refractivity contribution in [2.45, 2.75) is 13.8 Å². The third-order valence-electron chi connectivity index (χ3n) is 3.09. The summed E-state index contributed by atoms with van der Waals surface area (Å²) in [5.74, 6) is 0.0380. The number of nitrogens with zero attached hydrogens (tertiary/aromatic N) is 1. The molecule has 0 atom stereocenters. The number of hydrogen-bond donors (Lipinski definition) is 1. The smallest absolute Gasteiger partial charge is 0.350 e. The SMILES string of the molecule is COc1ccc(NC(=O)COC(=O)c2sc(C)nc2C)cc1OC. The van der Waals surface area contributed by atoms with E-state index in [1.807, 2.05) is 0 Å². The van der Waals surface area contributed by atoms with Gasteiger partial charge in [0, 0.05) is 11.8 Å². The maximum atomic E-state index is 12.0. The molecular weight excluding hydrogens is 332 g/mol. The zero-order valence-corrected chi connectivity index (χ0v) is 14.7. The number of anilines is 1. The summed E-state index contributed by atoms with van der Waals surface area (Å²) in [6.07, 6.45) is 0. The number of ether oxygens (including phenoxy) is 3. The molecule has 1 amide bonds. The van der Waals surface area contributed by atoms with E-state index in [2.05, 4.69) is 10.3 Å². The van der Waals surface area contributed by atoms with Crippen molar-refractivity contribution in [2.75, 3.05) is 26.1 Å². The quantitative estimate of drug-likeness (QED) is 0.806. The third kappa shape index (κ3) is 4.23. The molecule has 1 aromatic carbocycles. The molecule has 1 N–H and O–H groups in total. The molecular formula is C16H18N2O5S. The highest BCUT2D eigenvalue weighted by atomic mass is 32.1. The number of amides is 1. The average Bonchev–Trinajstić information content (AvgIpc) is 2.91. The lowest BCUT2D eigenvalue weighted by Gasteiger charge is -2.10. The maximum absolute atomic E-state index is 12.0. The maximum Gasteiger partial charge on any atom is 0.350 e. The molecule has 2 rings (SSSR count). The van der Waals surface area contributed by atoms with Gasteiger partial charge in [-0.05, 0) is 26.0 Å². The van der Waals surface area contributed by atoms with E-state index < -0.39 is 11.9 Å². The summed E-state index contributed by atoms with van der Waals surface area (Å²) in [5.41, 5.74) is 1.11. The second-order valence-corrected chi connectivity index (χ2v) is 6.04. The number of carbonyl (C=O) groups is 2. The summed E-state index contributed by atoms with van der Waals surface area (Å²) in [6.45, 7) is 3.14. The Morgan fingerprint density at radius 2 is 1.88 bits per heavy atom. The summed E-state index contributed by atoms with van der Waals surface area (Å²) in [5, 5.41) is 3.40. The Kier molecular flexibility index (Phi) is 5.75. The molecule has 0 fully saturated rings. The van der Waals surface area contributed by atoms with Crippen LogP contribution in [0.1, 0.15) is 20.4 Å². The molecule has 0 aliphatic heterocycles. The number of nitrogens with one attached hydrogen (secondary N) is 1. The number of aryl methyl sites for hydroxylation is 2. The molecule has 0 radical (unpaired) electrons. The summed E-state index contributed by atoms with van der Waals surface area (Å²) in [4.78, 5) is 28.4. The molecule has 1 aromatic heterocycles. The second kappa shape index (κ2) is 7.78. The first-order valence-corrected chi connectivity index (χ1v) is 7.89. The highest BCUT2D eigenvalue weighted by molar-refractivity contribution is 7.13. The van der Waals surface area contributed by atoms with Crippen molar-refractivity contribution in [2.24, 2.45) is 0 Å². The van der Waals surface area contributed by atoms with E-state index in [4.69, 9.17) is 14.2 Å². The van der Waals surface area contributed by atoms with Crippen LogP contribution in [0, 0.1) is 13.8 Å². The second-order valence-electron chi connectivity index (χ2n) is 4.84. The number of aromatic nitrogens is 1. The van der Waals surface area contributed by atoms with E-state index >= 15 is 0 Å². The van der Waals surface area contributed by atoms with Crippen molar-refractivity contribution in [1.29, 1.82) is 0 Å². The van der Waals surface area contributed by atoms with Crippen molar-refractivity contribution in [1.82, 2.24) is 4.98 Å². The Morgan fingerprint density at radius 1 is 1.17 bits per heavy atom. The largest absolute Gasteiger partial charge is 0.493 e. The van der Waals surface area contributed by atoms with Crippen molar-refractivity contribution in [3.05, 3.63) is 33.8 Å². The number of esters is 1. The summed E-state index contributed by atoms with van der Waals surface area (Å²) < 4.78 is 15.3. The molecule has 8 heteroatoms. The van der Waals surface area contributed by atoms with E-state index in [9.17, 15) is 9.59 Å². The lowest BCUT2D eigenvalue weighted by molar-refractivity contribution is -0.119. The molecule has 0 unspecified atom stereocenters. The Morgan fingerprint density at radius 3 is 2.46 bits per heavy atom. The van der Waals surface area contributed by atoms with Gasteiger partial charge in [0.15, 0.2) is 18.1 Å². The molecule has 0 saturated carbocycles. The van der Waals surface area contributed by atoms with E-state index in [1.54, 1.807) is 32.0 Å². The minimum Gasteiger partial charge on any atom is -0.493 e. The Bertz CT molecular complexity index is 757. The zero-order valence-electron chi connectivity index (χ0n) is 13.8. The minimum atomic E-state index is -0.555. The standard InChI is InChI=1S/C16H18N2O5S/c1-9-15(24-10(2)17-9)16(20)23-8-14(19)18-11-5-6-12(21-3)13(7-11)22-4/h5-7H,8H2,1-4H3,(H,18,19). The van der Waals surface area contributed by atoms with Gasteiger partial charge in [-0.2, -0.15) is 0 Å². The Balaban J connectivity index is 1.94. The monoisotopic (exact) mass is 350 g/mol. The number of rotatable bonds is 6. The first-order chi connectivity index (χ1) is 11.4. The van der Waals surface area contributed by atoms with Gasteiger partial charge in [0.2, 0.25) is 0 Å². The van der Waals surface area contributed by atoms with Gasteiger partial charge in [-0.1, -0.05) is 0 Å². The van der Waals surface area contributed by atoms with E-state index in [1.165, 1.54) is 25.6 Å². The van der Waals surface area contributed by atoms with Crippen LogP contribution in [0.25, 0.3) is 0 Å². The van der Waals surface area contributed by atoms with Gasteiger partial charge in [0.1, 0.15) is 4.88 Å². The van der Waals surface area contributed by atoms with Crippen LogP contribution >= 0.6 is 11.3 Å². The lowest BCUT2D eigenvalue weighted by atomic mass is 10.2. The predicted octanol–water partition coefficient (Wildman–Crippen LogP) is 2.57. The van der Waals surface area contributed by atoms with Gasteiger partial charge in [-0.15, -0.1) is 11.3 Å². The summed E-state index contributed by atoms with van der Waals surface area (Å²) in [6, 6.07) is 4.96. The van der Waals surface area contributed by atoms with Crippen LogP contribution in [-0.2, 0) is 9.53 Å². The predicted molar refractivity (Wildman–Crippen MR) is 90.0 cm³/mol. The van der Waals surface area contributed by atoms with Crippen LogP contribution in [0.15, 0.2) is 18.2 Å². The highest BCUT2D eigenvalue weighted by Crippen LogP contribution is 2.29. The first kappa shape index (κ1) is 17.7. The highest BCUT2D eigenvalue weighted by Gasteiger charge is 2.17. The van der Waals surface area contributed by atoms with Crippen LogP contribution in [0.5, 0.6) is 11.5 Å². The Hall–Kier alpha value is -2.61. The fraction of sp³-hybridized carbons (Fsp3) is 0.312. The van der Waals surface area contributed by atoms with Gasteiger partial charge in [0.05, 0.1) is 24.9 Å². The molecule has 2 aromatic rings. The van der Waals surface area contributed by atoms with Gasteiger partial charge < -0.3 is 19.5 Å². The van der Waals surface area contributed by atoms with Crippen molar-refractivity contribution < 1.29 is 23.8 Å². The van der Waals surface area contributed by atoms with Crippen LogP contribution in [0.2, 0.25) is 0 Å². The molecule has 0 bridgehead atoms. The van der Waals surface area contributed by atoms with Crippen LogP contribution < -0.4 is 14.8 Å². The van der Waals surface area contributed by atoms with E-state index in [0.717, 1.165) is 5.01 Å². The molecule has 24 heavy (non-hydrogen) atoms. The topological polar surface area (TPSA) is 86.8 Å². The van der Waals surface area contributed by atoms with E-state index in [-0.39, 0.29) is 6.61 Å². The number of thiazole rings is 1. The van der Waals surface area contributed by atoms with Crippen LogP contribution in [0.3, 0.4) is 0 Å². The number of carbonyl (C=O) groups excluding carboxylic acids is 2. The zero-order chi connectivity index (χ0) is 17.7. The van der Waals surface area contributed by atoms with Crippen molar-refractivity contribution in [3.8, 4) is 11.5 Å². The molecule has 0 aliphatic carbocycles. The molecule has 7 nitrogen and oxygen atoms in total. The molecule has 0 spiro atoms. The number of methoxy groups -OCH3 is 2. The molecule has 0 saturated heterocycles. The van der Waals surface area contributed by atoms with Crippen LogP contribution in [-0.4, -0.2) is 37.7 Å². The van der Waals surface area contributed by atoms with Gasteiger partial charge in [0.25, 0.3) is 5.91 Å². The summed E-state index contributed by atoms with van der Waals surface area (Å²) >= 11 is 1.24. The summed E-state index contributed by atoms with van der Waals surface area (Å²) in [7, 11) is 3.03. The van der Waals surface area contributed by atoms with Gasteiger partial charge >= 0.3 is 5.97 Å². The molecule has 1 heterocycles. The van der Waals surface area contributed by atoms with Crippen molar-refractivity contribution >= 4 is 28.9 Å².